The molecule has 0 radical (unpaired) electrons. The highest BCUT2D eigenvalue weighted by molar-refractivity contribution is 5.92. The Morgan fingerprint density at radius 3 is 2.48 bits per heavy atom. The molecule has 5 rings (SSSR count). The van der Waals surface area contributed by atoms with Crippen molar-refractivity contribution in [3.63, 3.8) is 0 Å². The zero-order valence-corrected chi connectivity index (χ0v) is 26.6. The average Bonchev–Trinajstić information content (AvgIpc) is 3.66. The van der Waals surface area contributed by atoms with Gasteiger partial charge in [-0.2, -0.15) is 18.3 Å². The molecule has 2 atom stereocenters. The van der Waals surface area contributed by atoms with E-state index >= 15 is 0 Å². The fourth-order valence-corrected chi connectivity index (χ4v) is 5.65. The van der Waals surface area contributed by atoms with E-state index in [1.165, 1.54) is 17.4 Å². The molecule has 0 bridgehead atoms. The third kappa shape index (κ3) is 6.73. The number of nitrogens with zero attached hydrogens (tertiary/aromatic N) is 5. The number of amides is 1. The van der Waals surface area contributed by atoms with Crippen molar-refractivity contribution in [1.29, 1.82) is 0 Å². The minimum atomic E-state index is -4.72. The van der Waals surface area contributed by atoms with Crippen LogP contribution in [0, 0.1) is 6.92 Å². The zero-order chi connectivity index (χ0) is 33.6. The Morgan fingerprint density at radius 2 is 1.85 bits per heavy atom. The number of alkyl halides is 4. The summed E-state index contributed by atoms with van der Waals surface area (Å²) in [6.07, 6.45) is -3.18. The number of imidazole rings is 1. The molecule has 4 aromatic rings. The summed E-state index contributed by atoms with van der Waals surface area (Å²) in [6, 6.07) is 6.88. The summed E-state index contributed by atoms with van der Waals surface area (Å²) in [5.74, 6) is -0.751. The maximum absolute atomic E-state index is 14.5. The first-order valence-electron chi connectivity index (χ1n) is 15.0. The number of hydrogen-bond acceptors (Lipinski definition) is 6. The second-order valence-electron chi connectivity index (χ2n) is 12.5. The minimum Gasteiger partial charge on any atom is -0.464 e. The lowest BCUT2D eigenvalue weighted by Crippen LogP contribution is -2.35. The summed E-state index contributed by atoms with van der Waals surface area (Å²) in [7, 11) is 1.64. The SMILES string of the molecule is CCOC(=O)[C@@H](c1ncn2c1C[C@@H](F)C2)n1cc2c(C(F)(F)F)cc(-c3ccc(CCN(C)C(=O)OC(C)(C)C)cc3)c(C)c2n1. The number of rotatable bonds is 8. The van der Waals surface area contributed by atoms with Crippen molar-refractivity contribution < 1.29 is 36.6 Å². The van der Waals surface area contributed by atoms with E-state index < -0.39 is 41.6 Å². The van der Waals surface area contributed by atoms with Crippen LogP contribution in [0.4, 0.5) is 22.4 Å². The van der Waals surface area contributed by atoms with Crippen molar-refractivity contribution in [3.8, 4) is 11.1 Å². The van der Waals surface area contributed by atoms with Gasteiger partial charge in [0.25, 0.3) is 0 Å². The van der Waals surface area contributed by atoms with Crippen LogP contribution < -0.4 is 0 Å². The fraction of sp³-hybridized carbons (Fsp3) is 0.455. The molecule has 1 amide bonds. The molecule has 1 aliphatic heterocycles. The van der Waals surface area contributed by atoms with Crippen LogP contribution in [-0.4, -0.2) is 68.3 Å². The van der Waals surface area contributed by atoms with Crippen molar-refractivity contribution in [2.24, 2.45) is 0 Å². The average molecular weight is 644 g/mol. The molecule has 2 aromatic carbocycles. The van der Waals surface area contributed by atoms with Crippen molar-refractivity contribution in [3.05, 3.63) is 70.9 Å². The van der Waals surface area contributed by atoms with Gasteiger partial charge < -0.3 is 18.9 Å². The van der Waals surface area contributed by atoms with E-state index in [2.05, 4.69) is 10.1 Å². The molecule has 1 aliphatic rings. The monoisotopic (exact) mass is 643 g/mol. The Morgan fingerprint density at radius 1 is 1.15 bits per heavy atom. The molecule has 0 aliphatic carbocycles. The summed E-state index contributed by atoms with van der Waals surface area (Å²) in [4.78, 5) is 31.3. The summed E-state index contributed by atoms with van der Waals surface area (Å²) in [6.45, 7) is 9.17. The number of hydrogen-bond donors (Lipinski definition) is 0. The largest absolute Gasteiger partial charge is 0.464 e. The topological polar surface area (TPSA) is 91.5 Å². The van der Waals surface area contributed by atoms with Gasteiger partial charge in [0.2, 0.25) is 0 Å². The van der Waals surface area contributed by atoms with Crippen molar-refractivity contribution in [1.82, 2.24) is 24.2 Å². The van der Waals surface area contributed by atoms with Crippen LogP contribution in [0.25, 0.3) is 22.0 Å². The van der Waals surface area contributed by atoms with E-state index in [-0.39, 0.29) is 36.2 Å². The van der Waals surface area contributed by atoms with Gasteiger partial charge in [-0.25, -0.2) is 19.0 Å². The van der Waals surface area contributed by atoms with Crippen LogP contribution in [-0.2, 0) is 39.8 Å². The van der Waals surface area contributed by atoms with Crippen LogP contribution in [0.1, 0.15) is 61.8 Å². The third-order valence-corrected chi connectivity index (χ3v) is 7.90. The maximum Gasteiger partial charge on any atom is 0.417 e. The molecule has 0 N–H and O–H groups in total. The number of likely N-dealkylation sites (N-methyl/N-ethyl adjacent to an activating group) is 1. The Labute approximate surface area is 264 Å². The van der Waals surface area contributed by atoms with E-state index in [1.807, 2.05) is 12.1 Å². The standard InChI is InChI=1S/C33H37F4N5O4/c1-7-45-30(43)29(28-26-14-22(34)16-41(26)18-38-28)42-17-24-25(33(35,36)37)15-23(19(2)27(24)39-42)21-10-8-20(9-11-21)12-13-40(6)31(44)46-32(3,4)5/h8-11,15,17-18,22,29H,7,12-14,16H2,1-6H3/t22-,29-/m1/s1. The van der Waals surface area contributed by atoms with Crippen molar-refractivity contribution in [2.45, 2.75) is 78.0 Å². The van der Waals surface area contributed by atoms with Crippen LogP contribution >= 0.6 is 0 Å². The fourth-order valence-electron chi connectivity index (χ4n) is 5.65. The van der Waals surface area contributed by atoms with E-state index in [4.69, 9.17) is 9.47 Å². The molecular weight excluding hydrogens is 606 g/mol. The second kappa shape index (κ2) is 12.4. The van der Waals surface area contributed by atoms with Gasteiger partial charge in [-0.15, -0.1) is 0 Å². The lowest BCUT2D eigenvalue weighted by molar-refractivity contribution is -0.146. The molecule has 0 fully saturated rings. The van der Waals surface area contributed by atoms with Crippen molar-refractivity contribution >= 4 is 23.0 Å². The number of carbonyl (C=O) groups excluding carboxylic acids is 2. The summed E-state index contributed by atoms with van der Waals surface area (Å²) >= 11 is 0. The first kappa shape index (κ1) is 33.0. The number of aryl methyl sites for hydroxylation is 1. The maximum atomic E-state index is 14.5. The van der Waals surface area contributed by atoms with Gasteiger partial charge in [-0.3, -0.25) is 4.68 Å². The van der Waals surface area contributed by atoms with E-state index in [0.717, 1.165) is 16.3 Å². The van der Waals surface area contributed by atoms with Gasteiger partial charge in [0, 0.05) is 37.3 Å². The number of aromatic nitrogens is 4. The van der Waals surface area contributed by atoms with E-state index in [1.54, 1.807) is 58.4 Å². The van der Waals surface area contributed by atoms with Gasteiger partial charge in [-0.05, 0) is 69.4 Å². The second-order valence-corrected chi connectivity index (χ2v) is 12.5. The van der Waals surface area contributed by atoms with Gasteiger partial charge in [0.1, 0.15) is 11.8 Å². The molecule has 3 heterocycles. The summed E-state index contributed by atoms with van der Waals surface area (Å²) in [5.41, 5.74) is 1.49. The van der Waals surface area contributed by atoms with Crippen molar-refractivity contribution in [2.75, 3.05) is 20.2 Å². The molecule has 13 heteroatoms. The molecule has 246 valence electrons. The highest BCUT2D eigenvalue weighted by Crippen LogP contribution is 2.41. The molecule has 9 nitrogen and oxygen atoms in total. The van der Waals surface area contributed by atoms with Crippen LogP contribution in [0.15, 0.2) is 42.9 Å². The summed E-state index contributed by atoms with van der Waals surface area (Å²) < 4.78 is 71.1. The predicted molar refractivity (Wildman–Crippen MR) is 163 cm³/mol. The van der Waals surface area contributed by atoms with E-state index in [9.17, 15) is 27.2 Å². The molecule has 0 saturated carbocycles. The third-order valence-electron chi connectivity index (χ3n) is 7.90. The Hall–Kier alpha value is -4.42. The van der Waals surface area contributed by atoms with Gasteiger partial charge >= 0.3 is 18.2 Å². The minimum absolute atomic E-state index is 0.0241. The number of benzene rings is 2. The quantitative estimate of drug-likeness (QED) is 0.157. The molecular formula is C33H37F4N5O4. The number of esters is 1. The predicted octanol–water partition coefficient (Wildman–Crippen LogP) is 6.68. The highest BCUT2D eigenvalue weighted by Gasteiger charge is 2.38. The molecule has 46 heavy (non-hydrogen) atoms. The Bertz CT molecular complexity index is 1750. The van der Waals surface area contributed by atoms with Crippen LogP contribution in [0.3, 0.4) is 0 Å². The van der Waals surface area contributed by atoms with Crippen LogP contribution in [0.2, 0.25) is 0 Å². The number of fused-ring (bicyclic) bond motifs is 2. The Kier molecular flexibility index (Phi) is 8.89. The number of ether oxygens (including phenoxy) is 2. The first-order valence-corrected chi connectivity index (χ1v) is 15.0. The zero-order valence-electron chi connectivity index (χ0n) is 26.6. The first-order chi connectivity index (χ1) is 21.6. The smallest absolute Gasteiger partial charge is 0.417 e. The molecule has 0 spiro atoms. The molecule has 2 aromatic heterocycles. The Balaban J connectivity index is 1.50. The molecule has 0 saturated heterocycles. The highest BCUT2D eigenvalue weighted by atomic mass is 19.4. The normalized spacial score (nSPS) is 15.6. The van der Waals surface area contributed by atoms with Gasteiger partial charge in [0.15, 0.2) is 6.04 Å². The number of halogens is 4. The number of carbonyl (C=O) groups is 2. The molecule has 0 unspecified atom stereocenters. The van der Waals surface area contributed by atoms with E-state index in [0.29, 0.717) is 35.3 Å². The van der Waals surface area contributed by atoms with Crippen LogP contribution in [0.5, 0.6) is 0 Å². The van der Waals surface area contributed by atoms with Gasteiger partial charge in [0.05, 0.1) is 36.3 Å². The lowest BCUT2D eigenvalue weighted by atomic mass is 9.94. The summed E-state index contributed by atoms with van der Waals surface area (Å²) in [5, 5.41) is 4.33. The lowest BCUT2D eigenvalue weighted by Gasteiger charge is -2.24. The van der Waals surface area contributed by atoms with Gasteiger partial charge in [-0.1, -0.05) is 24.3 Å².